The van der Waals surface area contributed by atoms with Crippen molar-refractivity contribution in [2.75, 3.05) is 4.90 Å². The van der Waals surface area contributed by atoms with E-state index < -0.39 is 0 Å². The molecular formula is C50H43BrN2. The second kappa shape index (κ2) is 19.6. The lowest BCUT2D eigenvalue weighted by atomic mass is 10.0. The van der Waals surface area contributed by atoms with Crippen LogP contribution in [0.3, 0.4) is 0 Å². The van der Waals surface area contributed by atoms with Gasteiger partial charge in [0, 0.05) is 28.9 Å². The minimum absolute atomic E-state index is 0.640. The Labute approximate surface area is 323 Å². The van der Waals surface area contributed by atoms with Gasteiger partial charge in [0.15, 0.2) is 0 Å². The van der Waals surface area contributed by atoms with E-state index in [1.165, 1.54) is 55.9 Å². The third kappa shape index (κ3) is 11.0. The Morgan fingerprint density at radius 1 is 0.321 bits per heavy atom. The van der Waals surface area contributed by atoms with Gasteiger partial charge in [-0.3, -0.25) is 0 Å². The van der Waals surface area contributed by atoms with Gasteiger partial charge in [-0.05, 0) is 80.9 Å². The molecule has 0 aliphatic heterocycles. The number of benzene rings is 8. The molecule has 260 valence electrons. The Hall–Kier alpha value is -6.00. The van der Waals surface area contributed by atoms with Crippen LogP contribution in [0.1, 0.15) is 11.1 Å². The lowest BCUT2D eigenvalue weighted by Gasteiger charge is -2.26. The second-order valence-electron chi connectivity index (χ2n) is 12.5. The van der Waals surface area contributed by atoms with Crippen LogP contribution >= 0.6 is 15.9 Å². The SMILES string of the molecule is Brc1ccc(-c2ccccc2)cc1.NCc1ccccc1.c1ccc(CN(c2ccc(-c3ccccc3)cc2)c2ccc(-c3ccccc3)cc2)cc1. The molecule has 0 spiro atoms. The topological polar surface area (TPSA) is 29.3 Å². The molecule has 53 heavy (non-hydrogen) atoms. The fourth-order valence-electron chi connectivity index (χ4n) is 5.91. The van der Waals surface area contributed by atoms with Crippen LogP contribution in [0.15, 0.2) is 229 Å². The second-order valence-corrected chi connectivity index (χ2v) is 13.4. The summed E-state index contributed by atoms with van der Waals surface area (Å²) in [6, 6.07) is 78.1. The summed E-state index contributed by atoms with van der Waals surface area (Å²) >= 11 is 3.42. The van der Waals surface area contributed by atoms with Gasteiger partial charge in [-0.1, -0.05) is 204 Å². The third-order valence-electron chi connectivity index (χ3n) is 8.79. The Morgan fingerprint density at radius 2 is 0.604 bits per heavy atom. The van der Waals surface area contributed by atoms with Crippen molar-refractivity contribution >= 4 is 27.3 Å². The highest BCUT2D eigenvalue weighted by Crippen LogP contribution is 2.32. The van der Waals surface area contributed by atoms with Crippen molar-refractivity contribution in [2.45, 2.75) is 13.1 Å². The molecule has 0 atom stereocenters. The number of halogens is 1. The van der Waals surface area contributed by atoms with E-state index in [0.29, 0.717) is 6.54 Å². The standard InChI is InChI=1S/C31H25N.C12H9Br.C7H9N/c1-4-10-25(11-5-1)24-32(30-20-16-28(17-21-30)26-12-6-2-7-13-26)31-22-18-29(19-23-31)27-14-8-3-9-15-27;13-12-8-6-11(7-9-12)10-4-2-1-3-5-10;8-6-7-4-2-1-3-5-7/h1-23H,24H2;1-9H;1-5H,6,8H2. The van der Waals surface area contributed by atoms with Gasteiger partial charge >= 0.3 is 0 Å². The van der Waals surface area contributed by atoms with E-state index >= 15 is 0 Å². The van der Waals surface area contributed by atoms with E-state index in [1.54, 1.807) is 0 Å². The maximum atomic E-state index is 5.35. The zero-order valence-corrected chi connectivity index (χ0v) is 31.3. The number of hydrogen-bond acceptors (Lipinski definition) is 2. The predicted octanol–water partition coefficient (Wildman–Crippen LogP) is 13.6. The van der Waals surface area contributed by atoms with Crippen molar-refractivity contribution in [3.63, 3.8) is 0 Å². The van der Waals surface area contributed by atoms with E-state index in [4.69, 9.17) is 5.73 Å². The van der Waals surface area contributed by atoms with Crippen LogP contribution in [0.25, 0.3) is 33.4 Å². The van der Waals surface area contributed by atoms with Crippen LogP contribution < -0.4 is 10.6 Å². The first-order valence-electron chi connectivity index (χ1n) is 17.8. The summed E-state index contributed by atoms with van der Waals surface area (Å²) in [5, 5.41) is 0. The van der Waals surface area contributed by atoms with Gasteiger partial charge in [-0.25, -0.2) is 0 Å². The molecule has 0 amide bonds. The summed E-state index contributed by atoms with van der Waals surface area (Å²) < 4.78 is 1.12. The van der Waals surface area contributed by atoms with Crippen molar-refractivity contribution in [3.05, 3.63) is 240 Å². The first-order chi connectivity index (χ1) is 26.2. The van der Waals surface area contributed by atoms with Crippen LogP contribution in [0.2, 0.25) is 0 Å². The number of nitrogens with zero attached hydrogens (tertiary/aromatic N) is 1. The minimum Gasteiger partial charge on any atom is -0.337 e. The maximum Gasteiger partial charge on any atom is 0.0481 e. The van der Waals surface area contributed by atoms with Crippen molar-refractivity contribution in [2.24, 2.45) is 5.73 Å². The van der Waals surface area contributed by atoms with Crippen LogP contribution in [0.4, 0.5) is 11.4 Å². The Kier molecular flexibility index (Phi) is 13.6. The van der Waals surface area contributed by atoms with E-state index in [2.05, 4.69) is 209 Å². The van der Waals surface area contributed by atoms with E-state index in [1.807, 2.05) is 36.4 Å². The highest BCUT2D eigenvalue weighted by Gasteiger charge is 2.11. The van der Waals surface area contributed by atoms with Crippen molar-refractivity contribution in [1.29, 1.82) is 0 Å². The molecular weight excluding hydrogens is 708 g/mol. The lowest BCUT2D eigenvalue weighted by molar-refractivity contribution is 0.976. The zero-order chi connectivity index (χ0) is 36.5. The van der Waals surface area contributed by atoms with Gasteiger partial charge < -0.3 is 10.6 Å². The smallest absolute Gasteiger partial charge is 0.0481 e. The van der Waals surface area contributed by atoms with Crippen LogP contribution in [-0.4, -0.2) is 0 Å². The number of nitrogens with two attached hydrogens (primary N) is 1. The van der Waals surface area contributed by atoms with Gasteiger partial charge in [0.25, 0.3) is 0 Å². The normalized spacial score (nSPS) is 10.2. The van der Waals surface area contributed by atoms with Gasteiger partial charge in [0.2, 0.25) is 0 Å². The molecule has 8 aromatic rings. The summed E-state index contributed by atoms with van der Waals surface area (Å²) in [5.41, 5.74) is 17.6. The molecule has 0 heterocycles. The molecule has 0 saturated heterocycles. The Bertz CT molecular complexity index is 2110. The van der Waals surface area contributed by atoms with Crippen LogP contribution in [0.5, 0.6) is 0 Å². The van der Waals surface area contributed by atoms with Gasteiger partial charge in [-0.2, -0.15) is 0 Å². The third-order valence-corrected chi connectivity index (χ3v) is 9.31. The number of anilines is 2. The molecule has 0 aromatic heterocycles. The summed E-state index contributed by atoms with van der Waals surface area (Å²) in [7, 11) is 0. The first kappa shape index (κ1) is 36.8. The average Bonchev–Trinajstić information content (AvgIpc) is 3.25. The molecule has 0 saturated carbocycles. The molecule has 3 heteroatoms. The maximum absolute atomic E-state index is 5.35. The molecule has 0 radical (unpaired) electrons. The van der Waals surface area contributed by atoms with Crippen LogP contribution in [0, 0.1) is 0 Å². The number of hydrogen-bond donors (Lipinski definition) is 1. The molecule has 2 nitrogen and oxygen atoms in total. The summed E-state index contributed by atoms with van der Waals surface area (Å²) in [6.45, 7) is 1.46. The lowest BCUT2D eigenvalue weighted by Crippen LogP contribution is -2.16. The molecule has 0 fully saturated rings. The fourth-order valence-corrected chi connectivity index (χ4v) is 6.18. The molecule has 2 N–H and O–H groups in total. The Morgan fingerprint density at radius 3 is 0.925 bits per heavy atom. The number of rotatable bonds is 8. The molecule has 0 aliphatic carbocycles. The van der Waals surface area contributed by atoms with E-state index in [-0.39, 0.29) is 0 Å². The van der Waals surface area contributed by atoms with E-state index in [0.717, 1.165) is 11.0 Å². The van der Waals surface area contributed by atoms with Crippen molar-refractivity contribution < 1.29 is 0 Å². The van der Waals surface area contributed by atoms with Crippen LogP contribution in [-0.2, 0) is 13.1 Å². The molecule has 8 rings (SSSR count). The van der Waals surface area contributed by atoms with Gasteiger partial charge in [-0.15, -0.1) is 0 Å². The van der Waals surface area contributed by atoms with E-state index in [9.17, 15) is 0 Å². The average molecular weight is 752 g/mol. The largest absolute Gasteiger partial charge is 0.337 e. The quantitative estimate of drug-likeness (QED) is 0.168. The fraction of sp³-hybridized carbons (Fsp3) is 0.0400. The van der Waals surface area contributed by atoms with Gasteiger partial charge in [0.1, 0.15) is 0 Å². The highest BCUT2D eigenvalue weighted by atomic mass is 79.9. The zero-order valence-electron chi connectivity index (χ0n) is 29.7. The predicted molar refractivity (Wildman–Crippen MR) is 230 cm³/mol. The summed E-state index contributed by atoms with van der Waals surface area (Å²) in [5.74, 6) is 0. The molecule has 0 bridgehead atoms. The monoisotopic (exact) mass is 750 g/mol. The molecule has 0 unspecified atom stereocenters. The van der Waals surface area contributed by atoms with Crippen molar-refractivity contribution in [1.82, 2.24) is 0 Å². The van der Waals surface area contributed by atoms with Crippen molar-refractivity contribution in [3.8, 4) is 33.4 Å². The highest BCUT2D eigenvalue weighted by molar-refractivity contribution is 9.10. The minimum atomic E-state index is 0.640. The molecule has 0 aliphatic rings. The Balaban J connectivity index is 0.000000186. The summed E-state index contributed by atoms with van der Waals surface area (Å²) in [6.07, 6.45) is 0. The summed E-state index contributed by atoms with van der Waals surface area (Å²) in [4.78, 5) is 2.37. The van der Waals surface area contributed by atoms with Gasteiger partial charge in [0.05, 0.1) is 0 Å². The molecule has 8 aromatic carbocycles. The first-order valence-corrected chi connectivity index (χ1v) is 18.6.